The van der Waals surface area contributed by atoms with E-state index in [4.69, 9.17) is 16.0 Å². The number of nitrogens with one attached hydrogen (secondary N) is 2. The first-order chi connectivity index (χ1) is 13.4. The Morgan fingerprint density at radius 1 is 1.39 bits per heavy atom. The van der Waals surface area contributed by atoms with E-state index in [2.05, 4.69) is 20.8 Å². The molecule has 0 saturated carbocycles. The normalized spacial score (nSPS) is 14.1. The van der Waals surface area contributed by atoms with Crippen LogP contribution in [-0.4, -0.2) is 51.8 Å². The first-order valence-corrected chi connectivity index (χ1v) is 9.87. The summed E-state index contributed by atoms with van der Waals surface area (Å²) in [6.45, 7) is 2.55. The van der Waals surface area contributed by atoms with Crippen LogP contribution in [0.5, 0.6) is 0 Å². The number of anilines is 1. The van der Waals surface area contributed by atoms with Crippen LogP contribution in [0.2, 0.25) is 5.02 Å². The van der Waals surface area contributed by atoms with Crippen molar-refractivity contribution in [3.63, 3.8) is 0 Å². The van der Waals surface area contributed by atoms with E-state index in [0.29, 0.717) is 36.1 Å². The topological polar surface area (TPSA) is 117 Å². The number of rotatable bonds is 7. The Morgan fingerprint density at radius 2 is 2.21 bits per heavy atom. The minimum absolute atomic E-state index is 0.101. The van der Waals surface area contributed by atoms with Crippen LogP contribution in [0.15, 0.2) is 27.8 Å². The van der Waals surface area contributed by atoms with Crippen molar-refractivity contribution in [3.05, 3.63) is 34.7 Å². The molecule has 0 atom stereocenters. The minimum atomic E-state index is -0.418. The third-order valence-corrected chi connectivity index (χ3v) is 5.28. The number of hydrogen-bond donors (Lipinski definition) is 2. The smallest absolute Gasteiger partial charge is 0.324 e. The van der Waals surface area contributed by atoms with Gasteiger partial charge in [0.25, 0.3) is 5.22 Å². The zero-order valence-corrected chi connectivity index (χ0v) is 16.6. The van der Waals surface area contributed by atoms with Crippen LogP contribution in [-0.2, 0) is 16.0 Å². The molecule has 9 nitrogen and oxygen atoms in total. The molecule has 148 valence electrons. The highest BCUT2D eigenvalue weighted by atomic mass is 35.5. The average Bonchev–Trinajstić information content (AvgIpc) is 3.11. The molecule has 1 aliphatic heterocycles. The summed E-state index contributed by atoms with van der Waals surface area (Å²) in [4.78, 5) is 36.4. The van der Waals surface area contributed by atoms with Gasteiger partial charge in [-0.05, 0) is 24.6 Å². The molecule has 1 aromatic carbocycles. The Labute approximate surface area is 170 Å². The van der Waals surface area contributed by atoms with Crippen LogP contribution >= 0.6 is 23.4 Å². The van der Waals surface area contributed by atoms with Gasteiger partial charge in [-0.2, -0.15) is 0 Å². The van der Waals surface area contributed by atoms with E-state index < -0.39 is 6.03 Å². The number of carbonyl (C=O) groups is 3. The molecule has 2 N–H and O–H groups in total. The fraction of sp³-hybridized carbons (Fsp3) is 0.353. The predicted octanol–water partition coefficient (Wildman–Crippen LogP) is 2.25. The minimum Gasteiger partial charge on any atom is -0.416 e. The lowest BCUT2D eigenvalue weighted by Crippen LogP contribution is -2.49. The Balaban J connectivity index is 1.45. The Morgan fingerprint density at radius 3 is 3.00 bits per heavy atom. The number of amides is 4. The summed E-state index contributed by atoms with van der Waals surface area (Å²) >= 11 is 7.16. The number of carbonyl (C=O) groups excluding carboxylic acids is 3. The monoisotopic (exact) mass is 423 g/mol. The fourth-order valence-electron chi connectivity index (χ4n) is 2.50. The molecule has 0 unspecified atom stereocenters. The van der Waals surface area contributed by atoms with Gasteiger partial charge >= 0.3 is 6.03 Å². The van der Waals surface area contributed by atoms with Crippen LogP contribution in [0.4, 0.5) is 10.5 Å². The van der Waals surface area contributed by atoms with E-state index in [1.807, 2.05) is 6.92 Å². The van der Waals surface area contributed by atoms with Crippen molar-refractivity contribution >= 4 is 46.9 Å². The highest BCUT2D eigenvalue weighted by molar-refractivity contribution is 7.99. The molecule has 11 heteroatoms. The zero-order valence-electron chi connectivity index (χ0n) is 15.0. The second-order valence-corrected chi connectivity index (χ2v) is 7.39. The molecule has 1 aromatic heterocycles. The maximum Gasteiger partial charge on any atom is 0.324 e. The van der Waals surface area contributed by atoms with Crippen molar-refractivity contribution in [2.24, 2.45) is 0 Å². The van der Waals surface area contributed by atoms with E-state index in [0.717, 1.165) is 17.3 Å². The summed E-state index contributed by atoms with van der Waals surface area (Å²) in [6, 6.07) is 4.88. The van der Waals surface area contributed by atoms with Crippen molar-refractivity contribution in [3.8, 4) is 0 Å². The van der Waals surface area contributed by atoms with Crippen molar-refractivity contribution in [2.75, 3.05) is 24.2 Å². The van der Waals surface area contributed by atoms with E-state index in [-0.39, 0.29) is 29.2 Å². The van der Waals surface area contributed by atoms with Crippen molar-refractivity contribution in [1.29, 1.82) is 0 Å². The lowest BCUT2D eigenvalue weighted by molar-refractivity contribution is -0.121. The number of benzene rings is 1. The molecule has 1 saturated heterocycles. The van der Waals surface area contributed by atoms with Gasteiger partial charge < -0.3 is 14.6 Å². The standard InChI is InChI=1S/C17H18ClN5O4S/c1-10-11(18)3-2-4-12(10)19-14(25)9-28-17-22-21-15(27-17)6-8-23-7-5-13(24)20-16(23)26/h2-4H,5-9H2,1H3,(H,19,25)(H,20,24,26). The molecule has 3 rings (SSSR count). The van der Waals surface area contributed by atoms with Crippen LogP contribution < -0.4 is 10.6 Å². The predicted molar refractivity (Wildman–Crippen MR) is 103 cm³/mol. The third-order valence-electron chi connectivity index (χ3n) is 4.05. The molecule has 0 bridgehead atoms. The molecule has 4 amide bonds. The maximum absolute atomic E-state index is 12.1. The van der Waals surface area contributed by atoms with Gasteiger partial charge in [-0.25, -0.2) is 4.79 Å². The number of halogens is 1. The molecule has 1 fully saturated rings. The quantitative estimate of drug-likeness (QED) is 0.655. The van der Waals surface area contributed by atoms with Crippen LogP contribution in [0.3, 0.4) is 0 Å². The molecule has 0 aliphatic carbocycles. The van der Waals surface area contributed by atoms with Gasteiger partial charge in [-0.3, -0.25) is 14.9 Å². The highest BCUT2D eigenvalue weighted by Crippen LogP contribution is 2.23. The maximum atomic E-state index is 12.1. The molecule has 2 aromatic rings. The largest absolute Gasteiger partial charge is 0.416 e. The van der Waals surface area contributed by atoms with Gasteiger partial charge in [-0.1, -0.05) is 29.4 Å². The fourth-order valence-corrected chi connectivity index (χ4v) is 3.25. The summed E-state index contributed by atoms with van der Waals surface area (Å²) < 4.78 is 5.49. The second-order valence-electron chi connectivity index (χ2n) is 6.05. The van der Waals surface area contributed by atoms with Crippen molar-refractivity contribution in [2.45, 2.75) is 25.0 Å². The van der Waals surface area contributed by atoms with E-state index in [1.54, 1.807) is 18.2 Å². The molecule has 0 radical (unpaired) electrons. The number of imide groups is 1. The van der Waals surface area contributed by atoms with Gasteiger partial charge in [0.1, 0.15) is 0 Å². The number of aromatic nitrogens is 2. The van der Waals surface area contributed by atoms with Gasteiger partial charge in [0, 0.05) is 36.6 Å². The van der Waals surface area contributed by atoms with Crippen LogP contribution in [0.25, 0.3) is 0 Å². The molecular formula is C17H18ClN5O4S. The molecule has 2 heterocycles. The second kappa shape index (κ2) is 9.07. The van der Waals surface area contributed by atoms with Crippen LogP contribution in [0.1, 0.15) is 17.9 Å². The highest BCUT2D eigenvalue weighted by Gasteiger charge is 2.23. The lowest BCUT2D eigenvalue weighted by Gasteiger charge is -2.25. The first kappa shape index (κ1) is 20.2. The first-order valence-electron chi connectivity index (χ1n) is 8.51. The lowest BCUT2D eigenvalue weighted by atomic mass is 10.2. The van der Waals surface area contributed by atoms with Crippen LogP contribution in [0, 0.1) is 6.92 Å². The Hall–Kier alpha value is -2.59. The van der Waals surface area contributed by atoms with E-state index in [9.17, 15) is 14.4 Å². The van der Waals surface area contributed by atoms with Gasteiger partial charge in [0.2, 0.25) is 17.7 Å². The van der Waals surface area contributed by atoms with Gasteiger partial charge in [0.05, 0.1) is 5.75 Å². The Kier molecular flexibility index (Phi) is 6.53. The molecule has 1 aliphatic rings. The number of urea groups is 1. The molecule has 0 spiro atoms. The summed E-state index contributed by atoms with van der Waals surface area (Å²) in [7, 11) is 0. The van der Waals surface area contributed by atoms with Crippen molar-refractivity contribution < 1.29 is 18.8 Å². The SMILES string of the molecule is Cc1c(Cl)cccc1NC(=O)CSc1nnc(CCN2CCC(=O)NC2=O)o1. The number of thioether (sulfide) groups is 1. The molecule has 28 heavy (non-hydrogen) atoms. The Bertz CT molecular complexity index is 903. The summed E-state index contributed by atoms with van der Waals surface area (Å²) in [5.74, 6) is -0.0310. The van der Waals surface area contributed by atoms with E-state index in [1.165, 1.54) is 4.90 Å². The number of hydrogen-bond acceptors (Lipinski definition) is 7. The summed E-state index contributed by atoms with van der Waals surface area (Å²) in [5, 5.41) is 13.7. The third kappa shape index (κ3) is 5.23. The van der Waals surface area contributed by atoms with Gasteiger partial charge in [0.15, 0.2) is 0 Å². The zero-order chi connectivity index (χ0) is 20.1. The van der Waals surface area contributed by atoms with E-state index >= 15 is 0 Å². The number of nitrogens with zero attached hydrogens (tertiary/aromatic N) is 3. The van der Waals surface area contributed by atoms with Gasteiger partial charge in [-0.15, -0.1) is 10.2 Å². The van der Waals surface area contributed by atoms with Crippen molar-refractivity contribution in [1.82, 2.24) is 20.4 Å². The summed E-state index contributed by atoms with van der Waals surface area (Å²) in [6.07, 6.45) is 0.640. The average molecular weight is 424 g/mol. The summed E-state index contributed by atoms with van der Waals surface area (Å²) in [5.41, 5.74) is 1.45. The molecular weight excluding hydrogens is 406 g/mol.